The summed E-state index contributed by atoms with van der Waals surface area (Å²) in [5.74, 6) is 1.33. The Kier molecular flexibility index (Phi) is 6.67. The number of piperazine rings is 1. The first-order chi connectivity index (χ1) is 13.3. The van der Waals surface area contributed by atoms with E-state index in [2.05, 4.69) is 20.9 Å². The monoisotopic (exact) mass is 420 g/mol. The van der Waals surface area contributed by atoms with E-state index in [1.807, 2.05) is 31.0 Å². The summed E-state index contributed by atoms with van der Waals surface area (Å²) in [6.45, 7) is 6.72. The molecule has 0 aromatic carbocycles. The van der Waals surface area contributed by atoms with E-state index < -0.39 is 10.8 Å². The molecule has 8 heteroatoms. The number of carbonyl (C=O) groups excluding carboxylic acids is 1. The van der Waals surface area contributed by atoms with Crippen molar-refractivity contribution in [3.05, 3.63) is 40.7 Å². The Labute approximate surface area is 173 Å². The van der Waals surface area contributed by atoms with E-state index in [1.165, 1.54) is 0 Å². The second kappa shape index (κ2) is 9.01. The van der Waals surface area contributed by atoms with Crippen molar-refractivity contribution >= 4 is 34.1 Å². The van der Waals surface area contributed by atoms with E-state index in [1.54, 1.807) is 12.5 Å². The number of nitrogens with zero attached hydrogens (tertiary/aromatic N) is 4. The van der Waals surface area contributed by atoms with E-state index in [0.29, 0.717) is 43.4 Å². The van der Waals surface area contributed by atoms with Crippen LogP contribution >= 0.6 is 11.6 Å². The molecule has 1 aliphatic rings. The molecule has 2 aromatic heterocycles. The largest absolute Gasteiger partial charge is 0.353 e. The second-order valence-electron chi connectivity index (χ2n) is 7.10. The Bertz CT molecular complexity index is 898. The second-order valence-corrected chi connectivity index (χ2v) is 9.06. The standard InChI is InChI=1S/C20H25ClN4O2S/c1-14-10-15(2)20(23-12-14)16-11-18(22-13-17(16)21)24-5-7-25(8-6-24)19(26)4-9-28(3)27/h10-13H,4-9H2,1-3H3. The third-order valence-electron chi connectivity index (χ3n) is 4.87. The molecule has 1 aliphatic heterocycles. The molecular weight excluding hydrogens is 396 g/mol. The predicted molar refractivity (Wildman–Crippen MR) is 114 cm³/mol. The minimum atomic E-state index is -0.940. The van der Waals surface area contributed by atoms with Gasteiger partial charge in [-0.25, -0.2) is 4.98 Å². The highest BCUT2D eigenvalue weighted by atomic mass is 35.5. The number of aryl methyl sites for hydroxylation is 2. The number of hydrogen-bond donors (Lipinski definition) is 0. The van der Waals surface area contributed by atoms with Crippen LogP contribution in [0.15, 0.2) is 24.5 Å². The molecule has 0 spiro atoms. The normalized spacial score (nSPS) is 15.6. The number of pyridine rings is 2. The Balaban J connectivity index is 1.72. The zero-order valence-corrected chi connectivity index (χ0v) is 18.0. The van der Waals surface area contributed by atoms with Crippen LogP contribution in [0, 0.1) is 13.8 Å². The van der Waals surface area contributed by atoms with E-state index in [9.17, 15) is 9.00 Å². The molecule has 1 saturated heterocycles. The zero-order valence-electron chi connectivity index (χ0n) is 16.4. The van der Waals surface area contributed by atoms with Gasteiger partial charge in [-0.05, 0) is 31.0 Å². The molecule has 6 nitrogen and oxygen atoms in total. The maximum atomic E-state index is 12.2. The fourth-order valence-electron chi connectivity index (χ4n) is 3.35. The molecule has 2 aromatic rings. The van der Waals surface area contributed by atoms with Gasteiger partial charge in [-0.3, -0.25) is 14.0 Å². The van der Waals surface area contributed by atoms with Gasteiger partial charge in [0, 0.05) is 73.4 Å². The minimum absolute atomic E-state index is 0.0686. The maximum Gasteiger partial charge on any atom is 0.223 e. The van der Waals surface area contributed by atoms with Crippen molar-refractivity contribution in [3.63, 3.8) is 0 Å². The third kappa shape index (κ3) is 4.89. The molecule has 1 amide bonds. The number of hydrogen-bond acceptors (Lipinski definition) is 5. The van der Waals surface area contributed by atoms with Crippen molar-refractivity contribution in [1.82, 2.24) is 14.9 Å². The molecule has 1 atom stereocenters. The lowest BCUT2D eigenvalue weighted by molar-refractivity contribution is -0.131. The van der Waals surface area contributed by atoms with Crippen molar-refractivity contribution in [2.75, 3.05) is 43.1 Å². The SMILES string of the molecule is Cc1cnc(-c2cc(N3CCN(C(=O)CCS(C)=O)CC3)ncc2Cl)c(C)c1. The Morgan fingerprint density at radius 3 is 2.50 bits per heavy atom. The van der Waals surface area contributed by atoms with Crippen LogP contribution in [0.5, 0.6) is 0 Å². The van der Waals surface area contributed by atoms with Crippen LogP contribution in [0.3, 0.4) is 0 Å². The van der Waals surface area contributed by atoms with Crippen molar-refractivity contribution in [2.45, 2.75) is 20.3 Å². The third-order valence-corrected chi connectivity index (χ3v) is 5.95. The van der Waals surface area contributed by atoms with E-state index in [-0.39, 0.29) is 5.91 Å². The van der Waals surface area contributed by atoms with Crippen LogP contribution in [-0.2, 0) is 15.6 Å². The lowest BCUT2D eigenvalue weighted by atomic mass is 10.1. The highest BCUT2D eigenvalue weighted by Crippen LogP contribution is 2.31. The molecule has 1 unspecified atom stereocenters. The summed E-state index contributed by atoms with van der Waals surface area (Å²) in [5, 5.41) is 0.574. The molecule has 28 heavy (non-hydrogen) atoms. The summed E-state index contributed by atoms with van der Waals surface area (Å²) in [6.07, 6.45) is 5.47. The first-order valence-electron chi connectivity index (χ1n) is 9.27. The fraction of sp³-hybridized carbons (Fsp3) is 0.450. The molecular formula is C20H25ClN4O2S. The van der Waals surface area contributed by atoms with Crippen molar-refractivity contribution in [1.29, 1.82) is 0 Å². The van der Waals surface area contributed by atoms with Crippen LogP contribution in [0.2, 0.25) is 5.02 Å². The van der Waals surface area contributed by atoms with Gasteiger partial charge in [0.05, 0.1) is 10.7 Å². The molecule has 0 radical (unpaired) electrons. The van der Waals surface area contributed by atoms with Crippen molar-refractivity contribution in [2.24, 2.45) is 0 Å². The predicted octanol–water partition coefficient (Wildman–Crippen LogP) is 2.83. The lowest BCUT2D eigenvalue weighted by Gasteiger charge is -2.35. The summed E-state index contributed by atoms with van der Waals surface area (Å²) in [7, 11) is -0.940. The topological polar surface area (TPSA) is 66.4 Å². The number of amides is 1. The number of anilines is 1. The Morgan fingerprint density at radius 1 is 1.14 bits per heavy atom. The highest BCUT2D eigenvalue weighted by Gasteiger charge is 2.22. The molecule has 0 aliphatic carbocycles. The summed E-state index contributed by atoms with van der Waals surface area (Å²) >= 11 is 6.41. The summed E-state index contributed by atoms with van der Waals surface area (Å²) < 4.78 is 11.2. The van der Waals surface area contributed by atoms with E-state index in [4.69, 9.17) is 11.6 Å². The molecule has 3 heterocycles. The van der Waals surface area contributed by atoms with Gasteiger partial charge in [0.15, 0.2) is 0 Å². The van der Waals surface area contributed by atoms with Gasteiger partial charge in [-0.1, -0.05) is 17.7 Å². The molecule has 0 N–H and O–H groups in total. The van der Waals surface area contributed by atoms with E-state index >= 15 is 0 Å². The zero-order chi connectivity index (χ0) is 20.3. The van der Waals surface area contributed by atoms with Crippen LogP contribution in [0.4, 0.5) is 5.82 Å². The van der Waals surface area contributed by atoms with Gasteiger partial charge < -0.3 is 9.80 Å². The maximum absolute atomic E-state index is 12.2. The van der Waals surface area contributed by atoms with E-state index in [0.717, 1.165) is 28.2 Å². The molecule has 0 bridgehead atoms. The highest BCUT2D eigenvalue weighted by molar-refractivity contribution is 7.84. The van der Waals surface area contributed by atoms with Crippen LogP contribution in [0.1, 0.15) is 17.5 Å². The van der Waals surface area contributed by atoms with Gasteiger partial charge in [0.2, 0.25) is 5.91 Å². The Hall–Kier alpha value is -1.99. The van der Waals surface area contributed by atoms with Crippen LogP contribution in [0.25, 0.3) is 11.3 Å². The van der Waals surface area contributed by atoms with Crippen molar-refractivity contribution < 1.29 is 9.00 Å². The molecule has 150 valence electrons. The van der Waals surface area contributed by atoms with Gasteiger partial charge in [0.25, 0.3) is 0 Å². The number of rotatable bonds is 5. The molecule has 0 saturated carbocycles. The van der Waals surface area contributed by atoms with Gasteiger partial charge >= 0.3 is 0 Å². The number of carbonyl (C=O) groups is 1. The van der Waals surface area contributed by atoms with Gasteiger partial charge in [-0.2, -0.15) is 0 Å². The lowest BCUT2D eigenvalue weighted by Crippen LogP contribution is -2.49. The Morgan fingerprint density at radius 2 is 1.86 bits per heavy atom. The van der Waals surface area contributed by atoms with Gasteiger partial charge in [-0.15, -0.1) is 0 Å². The fourth-order valence-corrected chi connectivity index (χ4v) is 4.01. The molecule has 1 fully saturated rings. The molecule has 3 rings (SSSR count). The summed E-state index contributed by atoms with van der Waals surface area (Å²) in [4.78, 5) is 25.3. The summed E-state index contributed by atoms with van der Waals surface area (Å²) in [5.41, 5.74) is 3.91. The first kappa shape index (κ1) is 20.7. The number of halogens is 1. The van der Waals surface area contributed by atoms with Crippen LogP contribution < -0.4 is 4.90 Å². The minimum Gasteiger partial charge on any atom is -0.353 e. The van der Waals surface area contributed by atoms with Gasteiger partial charge in [0.1, 0.15) is 5.82 Å². The average molecular weight is 421 g/mol. The summed E-state index contributed by atoms with van der Waals surface area (Å²) in [6, 6.07) is 4.07. The quantitative estimate of drug-likeness (QED) is 0.744. The number of aromatic nitrogens is 2. The first-order valence-corrected chi connectivity index (χ1v) is 11.4. The average Bonchev–Trinajstić information content (AvgIpc) is 2.67. The smallest absolute Gasteiger partial charge is 0.223 e. The van der Waals surface area contributed by atoms with Crippen LogP contribution in [-0.4, -0.2) is 63.2 Å². The van der Waals surface area contributed by atoms with Crippen molar-refractivity contribution in [3.8, 4) is 11.3 Å².